The number of nitrogens with one attached hydrogen (secondary N) is 2. The Kier molecular flexibility index (Phi) is 4.93. The third kappa shape index (κ3) is 3.75. The van der Waals surface area contributed by atoms with Gasteiger partial charge in [-0.2, -0.15) is 0 Å². The molecule has 0 saturated heterocycles. The lowest BCUT2D eigenvalue weighted by molar-refractivity contribution is -0.116. The van der Waals surface area contributed by atoms with Crippen LogP contribution in [-0.4, -0.2) is 15.9 Å². The van der Waals surface area contributed by atoms with Crippen LogP contribution in [0.2, 0.25) is 5.02 Å². The molecule has 26 heavy (non-hydrogen) atoms. The van der Waals surface area contributed by atoms with E-state index in [2.05, 4.69) is 15.3 Å². The minimum Gasteiger partial charge on any atom is -0.338 e. The van der Waals surface area contributed by atoms with E-state index in [4.69, 9.17) is 11.6 Å². The van der Waals surface area contributed by atoms with Gasteiger partial charge in [-0.15, -0.1) is 0 Å². The topological polar surface area (TPSA) is 57.8 Å². The Morgan fingerprint density at radius 3 is 2.81 bits per heavy atom. The maximum Gasteiger partial charge on any atom is 0.224 e. The van der Waals surface area contributed by atoms with Crippen molar-refractivity contribution in [2.75, 3.05) is 5.32 Å². The van der Waals surface area contributed by atoms with Crippen molar-refractivity contribution >= 4 is 34.2 Å². The van der Waals surface area contributed by atoms with E-state index in [0.717, 1.165) is 34.6 Å². The number of para-hydroxylation sites is 2. The van der Waals surface area contributed by atoms with Crippen molar-refractivity contribution in [2.45, 2.75) is 38.5 Å². The molecule has 0 atom stereocenters. The Balaban J connectivity index is 1.49. The van der Waals surface area contributed by atoms with Gasteiger partial charge < -0.3 is 10.3 Å². The number of imidazole rings is 1. The highest BCUT2D eigenvalue weighted by Crippen LogP contribution is 2.31. The van der Waals surface area contributed by atoms with Gasteiger partial charge in [-0.1, -0.05) is 49.4 Å². The van der Waals surface area contributed by atoms with Gasteiger partial charge in [-0.05, 0) is 42.7 Å². The lowest BCUT2D eigenvalue weighted by Crippen LogP contribution is -2.12. The quantitative estimate of drug-likeness (QED) is 0.599. The van der Waals surface area contributed by atoms with E-state index in [1.54, 1.807) is 6.07 Å². The van der Waals surface area contributed by atoms with Gasteiger partial charge in [0.15, 0.2) is 0 Å². The van der Waals surface area contributed by atoms with E-state index in [1.165, 1.54) is 25.7 Å². The summed E-state index contributed by atoms with van der Waals surface area (Å²) in [5, 5.41) is 3.60. The Hall–Kier alpha value is -2.33. The molecule has 0 spiro atoms. The standard InChI is InChI=1S/C21H22ClN3O/c22-17-11-10-15(23-20(26)12-9-14-5-1-2-6-14)13-16(17)21-24-18-7-3-4-8-19(18)25-21/h3-4,7-8,10-11,13-14H,1-2,5-6,9,12H2,(H,23,26)(H,24,25). The van der Waals surface area contributed by atoms with Crippen LogP contribution in [0.5, 0.6) is 0 Å². The summed E-state index contributed by atoms with van der Waals surface area (Å²) in [5.74, 6) is 1.49. The van der Waals surface area contributed by atoms with Gasteiger partial charge in [0.1, 0.15) is 5.82 Å². The van der Waals surface area contributed by atoms with Crippen LogP contribution in [0.25, 0.3) is 22.4 Å². The number of hydrogen-bond donors (Lipinski definition) is 2. The minimum absolute atomic E-state index is 0.0646. The molecule has 1 fully saturated rings. The first kappa shape index (κ1) is 17.1. The van der Waals surface area contributed by atoms with Crippen LogP contribution in [0.15, 0.2) is 42.5 Å². The van der Waals surface area contributed by atoms with Gasteiger partial charge in [0, 0.05) is 17.7 Å². The SMILES string of the molecule is O=C(CCC1CCCC1)Nc1ccc(Cl)c(-c2nc3ccccc3[nH]2)c1. The zero-order valence-electron chi connectivity index (χ0n) is 14.6. The number of amides is 1. The number of rotatable bonds is 5. The van der Waals surface area contributed by atoms with E-state index >= 15 is 0 Å². The largest absolute Gasteiger partial charge is 0.338 e. The molecule has 1 saturated carbocycles. The Labute approximate surface area is 158 Å². The fraction of sp³-hybridized carbons (Fsp3) is 0.333. The maximum absolute atomic E-state index is 12.3. The molecular weight excluding hydrogens is 346 g/mol. The van der Waals surface area contributed by atoms with Crippen LogP contribution in [0.3, 0.4) is 0 Å². The molecule has 134 valence electrons. The van der Waals surface area contributed by atoms with Crippen LogP contribution >= 0.6 is 11.6 Å². The number of carbonyl (C=O) groups is 1. The van der Waals surface area contributed by atoms with Gasteiger partial charge in [-0.25, -0.2) is 4.98 Å². The molecule has 4 rings (SSSR count). The summed E-state index contributed by atoms with van der Waals surface area (Å²) < 4.78 is 0. The number of aromatic amines is 1. The Morgan fingerprint density at radius 2 is 2.00 bits per heavy atom. The first-order chi connectivity index (χ1) is 12.7. The summed E-state index contributed by atoms with van der Waals surface area (Å²) in [6, 6.07) is 13.4. The van der Waals surface area contributed by atoms with Gasteiger partial charge in [0.25, 0.3) is 0 Å². The predicted molar refractivity (Wildman–Crippen MR) is 106 cm³/mol. The third-order valence-corrected chi connectivity index (χ3v) is 5.48. The highest BCUT2D eigenvalue weighted by atomic mass is 35.5. The van der Waals surface area contributed by atoms with Crippen molar-refractivity contribution in [3.05, 3.63) is 47.5 Å². The first-order valence-electron chi connectivity index (χ1n) is 9.23. The van der Waals surface area contributed by atoms with E-state index in [-0.39, 0.29) is 5.91 Å². The molecule has 5 heteroatoms. The number of H-pyrrole nitrogens is 1. The van der Waals surface area contributed by atoms with Gasteiger partial charge in [-0.3, -0.25) is 4.79 Å². The molecule has 0 aliphatic heterocycles. The summed E-state index contributed by atoms with van der Waals surface area (Å²) in [6.07, 6.45) is 6.71. The van der Waals surface area contributed by atoms with Crippen molar-refractivity contribution < 1.29 is 4.79 Å². The molecule has 1 aromatic heterocycles. The molecule has 2 aromatic carbocycles. The highest BCUT2D eigenvalue weighted by Gasteiger charge is 2.16. The first-order valence-corrected chi connectivity index (χ1v) is 9.61. The fourth-order valence-corrected chi connectivity index (χ4v) is 3.93. The lowest BCUT2D eigenvalue weighted by Gasteiger charge is -2.10. The molecule has 2 N–H and O–H groups in total. The maximum atomic E-state index is 12.3. The van der Waals surface area contributed by atoms with Gasteiger partial charge >= 0.3 is 0 Å². The molecule has 1 heterocycles. The highest BCUT2D eigenvalue weighted by molar-refractivity contribution is 6.33. The van der Waals surface area contributed by atoms with Crippen LogP contribution in [-0.2, 0) is 4.79 Å². The number of aromatic nitrogens is 2. The van der Waals surface area contributed by atoms with Crippen molar-refractivity contribution in [3.63, 3.8) is 0 Å². The number of fused-ring (bicyclic) bond motifs is 1. The van der Waals surface area contributed by atoms with Gasteiger partial charge in [0.05, 0.1) is 16.1 Å². The van der Waals surface area contributed by atoms with Crippen LogP contribution < -0.4 is 5.32 Å². The summed E-state index contributed by atoms with van der Waals surface area (Å²) in [5.41, 5.74) is 3.40. The second-order valence-corrected chi connectivity index (χ2v) is 7.44. The van der Waals surface area contributed by atoms with E-state index in [9.17, 15) is 4.79 Å². The molecule has 1 amide bonds. The van der Waals surface area contributed by atoms with E-state index < -0.39 is 0 Å². The van der Waals surface area contributed by atoms with E-state index in [1.807, 2.05) is 36.4 Å². The molecule has 0 bridgehead atoms. The van der Waals surface area contributed by atoms with Crippen LogP contribution in [0.1, 0.15) is 38.5 Å². The summed E-state index contributed by atoms with van der Waals surface area (Å²) in [4.78, 5) is 20.2. The third-order valence-electron chi connectivity index (χ3n) is 5.15. The summed E-state index contributed by atoms with van der Waals surface area (Å²) in [6.45, 7) is 0. The van der Waals surface area contributed by atoms with Gasteiger partial charge in [0.2, 0.25) is 5.91 Å². The van der Waals surface area contributed by atoms with Crippen molar-refractivity contribution in [2.24, 2.45) is 5.92 Å². The smallest absolute Gasteiger partial charge is 0.224 e. The van der Waals surface area contributed by atoms with E-state index in [0.29, 0.717) is 17.3 Å². The second-order valence-electron chi connectivity index (χ2n) is 7.03. The number of halogens is 1. The number of anilines is 1. The number of benzene rings is 2. The Morgan fingerprint density at radius 1 is 1.19 bits per heavy atom. The summed E-state index contributed by atoms with van der Waals surface area (Å²) >= 11 is 6.37. The molecule has 1 aliphatic rings. The number of carbonyl (C=O) groups excluding carboxylic acids is 1. The minimum atomic E-state index is 0.0646. The van der Waals surface area contributed by atoms with Crippen molar-refractivity contribution in [1.29, 1.82) is 0 Å². The van der Waals surface area contributed by atoms with Crippen molar-refractivity contribution in [3.8, 4) is 11.4 Å². The molecule has 1 aliphatic carbocycles. The monoisotopic (exact) mass is 367 g/mol. The molecular formula is C21H22ClN3O. The number of hydrogen-bond acceptors (Lipinski definition) is 2. The molecule has 3 aromatic rings. The normalized spacial score (nSPS) is 14.8. The molecule has 4 nitrogen and oxygen atoms in total. The zero-order chi connectivity index (χ0) is 17.9. The Bertz CT molecular complexity index is 895. The molecule has 0 radical (unpaired) electrons. The number of nitrogens with zero attached hydrogens (tertiary/aromatic N) is 1. The van der Waals surface area contributed by atoms with Crippen molar-refractivity contribution in [1.82, 2.24) is 9.97 Å². The average Bonchev–Trinajstić information content (AvgIpc) is 3.31. The summed E-state index contributed by atoms with van der Waals surface area (Å²) in [7, 11) is 0. The molecule has 0 unspecified atom stereocenters. The predicted octanol–water partition coefficient (Wildman–Crippen LogP) is 5.79. The van der Waals surface area contributed by atoms with Crippen LogP contribution in [0.4, 0.5) is 5.69 Å². The second kappa shape index (κ2) is 7.50. The van der Waals surface area contributed by atoms with Crippen LogP contribution in [0, 0.1) is 5.92 Å². The zero-order valence-corrected chi connectivity index (χ0v) is 15.4. The average molecular weight is 368 g/mol. The fourth-order valence-electron chi connectivity index (χ4n) is 3.72. The lowest BCUT2D eigenvalue weighted by atomic mass is 10.0.